The molecule has 4 heteroatoms. The number of benzene rings is 9. The molecule has 1 aliphatic rings. The Bertz CT molecular complexity index is 2810. The van der Waals surface area contributed by atoms with Crippen molar-refractivity contribution in [2.75, 3.05) is 0 Å². The first kappa shape index (κ1) is 33.3. The molecule has 0 atom stereocenters. The molecule has 9 aromatic rings. The Balaban J connectivity index is 0.000000119. The van der Waals surface area contributed by atoms with Gasteiger partial charge in [-0.1, -0.05) is 127 Å². The van der Waals surface area contributed by atoms with Crippen LogP contribution < -0.4 is 15.9 Å². The Morgan fingerprint density at radius 1 is 0.442 bits per heavy atom. The average Bonchev–Trinajstić information content (AvgIpc) is 3.20. The first-order chi connectivity index (χ1) is 25.5. The van der Waals surface area contributed by atoms with Crippen LogP contribution in [0.4, 0.5) is 0 Å². The summed E-state index contributed by atoms with van der Waals surface area (Å²) in [4.78, 5) is 0. The number of hydrogen-bond acceptors (Lipinski definition) is 2. The minimum Gasteiger partial charge on any atom is -0.423 e. The van der Waals surface area contributed by atoms with Crippen LogP contribution in [0.1, 0.15) is 11.1 Å². The van der Waals surface area contributed by atoms with Gasteiger partial charge in [-0.2, -0.15) is 0 Å². The van der Waals surface area contributed by atoms with Gasteiger partial charge in [-0.25, -0.2) is 0 Å². The summed E-state index contributed by atoms with van der Waals surface area (Å²) in [5.74, 6) is 0. The van der Waals surface area contributed by atoms with Crippen LogP contribution in [0, 0.1) is 0 Å². The van der Waals surface area contributed by atoms with Crippen LogP contribution in [0.25, 0.3) is 64.8 Å². The Labute approximate surface area is 311 Å². The molecule has 1 aliphatic carbocycles. The standard InChI is InChI=1S/C24H16.C14H8Br.C10H9BO2/c1-2-8-18-15-21(14-13-17(18)7-1)24-22-11-5-3-9-19(22)16-20-10-4-6-12-23(20)24;15-14-12-7-3-1-5-10(12)9-11-6-2-4-8-13(11)14;12-11(13)10-6-5-8-3-1-2-4-9(8)7-10/h1-16H;1-8H;1-7,12-13H/q;+1;. The van der Waals surface area contributed by atoms with E-state index in [2.05, 4.69) is 155 Å². The van der Waals surface area contributed by atoms with E-state index in [0.717, 1.165) is 26.0 Å². The SMILES string of the molecule is BrC1=c2ccccc2=[C+]c2ccccc21.OB(O)c1ccc2ccccc2c1.c1ccc2cc(-c3c4ccccc4cc4ccccc34)ccc2c1. The molecule has 0 amide bonds. The molecule has 10 rings (SSSR count). The molecule has 0 radical (unpaired) electrons. The van der Waals surface area contributed by atoms with E-state index in [-0.39, 0.29) is 0 Å². The van der Waals surface area contributed by atoms with Gasteiger partial charge in [0.2, 0.25) is 0 Å². The molecule has 2 N–H and O–H groups in total. The molecule has 0 bridgehead atoms. The van der Waals surface area contributed by atoms with E-state index in [9.17, 15) is 0 Å². The van der Waals surface area contributed by atoms with Crippen molar-refractivity contribution in [1.82, 2.24) is 0 Å². The van der Waals surface area contributed by atoms with Crippen molar-refractivity contribution in [2.24, 2.45) is 0 Å². The third-order valence-electron chi connectivity index (χ3n) is 9.48. The lowest BCUT2D eigenvalue weighted by Crippen LogP contribution is -2.29. The third kappa shape index (κ3) is 6.77. The second kappa shape index (κ2) is 14.8. The molecule has 52 heavy (non-hydrogen) atoms. The van der Waals surface area contributed by atoms with E-state index in [1.54, 1.807) is 12.1 Å². The van der Waals surface area contributed by atoms with Gasteiger partial charge >= 0.3 is 7.12 Å². The Kier molecular flexibility index (Phi) is 9.46. The number of fused-ring (bicyclic) bond motifs is 6. The maximum Gasteiger partial charge on any atom is 0.488 e. The molecule has 0 aromatic heterocycles. The topological polar surface area (TPSA) is 40.5 Å². The molecule has 0 aliphatic heterocycles. The van der Waals surface area contributed by atoms with Crippen LogP contribution >= 0.6 is 15.9 Å². The van der Waals surface area contributed by atoms with Crippen molar-refractivity contribution in [1.29, 1.82) is 0 Å². The predicted molar refractivity (Wildman–Crippen MR) is 224 cm³/mol. The molecule has 0 heterocycles. The minimum atomic E-state index is -1.38. The second-order valence-corrected chi connectivity index (χ2v) is 13.6. The number of hydrogen-bond donors (Lipinski definition) is 2. The van der Waals surface area contributed by atoms with Gasteiger partial charge in [-0.3, -0.25) is 0 Å². The first-order valence-electron chi connectivity index (χ1n) is 17.3. The summed E-state index contributed by atoms with van der Waals surface area (Å²) >= 11 is 3.66. The summed E-state index contributed by atoms with van der Waals surface area (Å²) in [6.45, 7) is 0. The van der Waals surface area contributed by atoms with Gasteiger partial charge in [0.05, 0.1) is 10.8 Å². The van der Waals surface area contributed by atoms with Crippen molar-refractivity contribution >= 4 is 82.2 Å². The normalized spacial score (nSPS) is 11.3. The number of rotatable bonds is 2. The van der Waals surface area contributed by atoms with E-state index < -0.39 is 7.12 Å². The fourth-order valence-corrected chi connectivity index (χ4v) is 7.59. The quantitative estimate of drug-likeness (QED) is 0.106. The molecule has 0 spiro atoms. The fourth-order valence-electron chi connectivity index (χ4n) is 6.90. The highest BCUT2D eigenvalue weighted by atomic mass is 79.9. The van der Waals surface area contributed by atoms with Crippen LogP contribution in [0.5, 0.6) is 0 Å². The summed E-state index contributed by atoms with van der Waals surface area (Å²) < 4.78 is 1.16. The molecule has 0 unspecified atom stereocenters. The van der Waals surface area contributed by atoms with Crippen molar-refractivity contribution in [3.8, 4) is 11.1 Å². The zero-order valence-corrected chi connectivity index (χ0v) is 29.8. The first-order valence-corrected chi connectivity index (χ1v) is 18.1. The maximum absolute atomic E-state index is 8.94. The maximum atomic E-state index is 8.94. The van der Waals surface area contributed by atoms with E-state index in [0.29, 0.717) is 5.46 Å². The smallest absolute Gasteiger partial charge is 0.423 e. The summed E-state index contributed by atoms with van der Waals surface area (Å²) in [6.07, 6.45) is 3.42. The van der Waals surface area contributed by atoms with Gasteiger partial charge in [-0.05, 0) is 124 Å². The van der Waals surface area contributed by atoms with Gasteiger partial charge in [-0.15, -0.1) is 0 Å². The molecular weight excluding hydrogens is 699 g/mol. The van der Waals surface area contributed by atoms with E-state index in [1.165, 1.54) is 54.2 Å². The highest BCUT2D eigenvalue weighted by molar-refractivity contribution is 9.15. The zero-order chi connectivity index (χ0) is 35.4. The summed E-state index contributed by atoms with van der Waals surface area (Å²) in [5.41, 5.74) is 5.51. The van der Waals surface area contributed by atoms with Crippen molar-refractivity contribution < 1.29 is 10.0 Å². The highest BCUT2D eigenvalue weighted by Crippen LogP contribution is 2.37. The van der Waals surface area contributed by atoms with E-state index in [1.807, 2.05) is 42.5 Å². The molecule has 0 saturated carbocycles. The van der Waals surface area contributed by atoms with Crippen LogP contribution in [-0.2, 0) is 0 Å². The highest BCUT2D eigenvalue weighted by Gasteiger charge is 2.16. The summed E-state index contributed by atoms with van der Waals surface area (Å²) in [5, 5.41) is 30.1. The zero-order valence-electron chi connectivity index (χ0n) is 28.2. The van der Waals surface area contributed by atoms with E-state index >= 15 is 0 Å². The van der Waals surface area contributed by atoms with Gasteiger partial charge in [0.25, 0.3) is 0 Å². The minimum absolute atomic E-state index is 0.527. The monoisotopic (exact) mass is 731 g/mol. The van der Waals surface area contributed by atoms with Crippen molar-refractivity contribution in [2.45, 2.75) is 0 Å². The van der Waals surface area contributed by atoms with Crippen LogP contribution in [0.2, 0.25) is 0 Å². The van der Waals surface area contributed by atoms with Gasteiger partial charge in [0, 0.05) is 18.2 Å². The van der Waals surface area contributed by atoms with Crippen molar-refractivity contribution in [3.05, 3.63) is 210 Å². The lowest BCUT2D eigenvalue weighted by molar-refractivity contribution is 0.426. The van der Waals surface area contributed by atoms with Gasteiger partial charge < -0.3 is 10.0 Å². The van der Waals surface area contributed by atoms with Crippen LogP contribution in [0.15, 0.2) is 188 Å². The largest absolute Gasteiger partial charge is 0.488 e. The van der Waals surface area contributed by atoms with Crippen LogP contribution in [0.3, 0.4) is 0 Å². The van der Waals surface area contributed by atoms with Crippen molar-refractivity contribution in [3.63, 3.8) is 0 Å². The lowest BCUT2D eigenvalue weighted by Gasteiger charge is -2.13. The third-order valence-corrected chi connectivity index (χ3v) is 10.3. The molecule has 0 fully saturated rings. The van der Waals surface area contributed by atoms with Gasteiger partial charge in [0.15, 0.2) is 0 Å². The summed E-state index contributed by atoms with van der Waals surface area (Å²) in [7, 11) is -1.38. The molecule has 9 aromatic carbocycles. The molecule has 246 valence electrons. The number of halogens is 1. The van der Waals surface area contributed by atoms with Crippen LogP contribution in [-0.4, -0.2) is 17.2 Å². The fraction of sp³-hybridized carbons (Fsp3) is 0. The van der Waals surface area contributed by atoms with E-state index in [4.69, 9.17) is 10.0 Å². The molecular formula is C48H33BBrO2+. The molecule has 0 saturated heterocycles. The average molecular weight is 733 g/mol. The summed E-state index contributed by atoms with van der Waals surface area (Å²) in [6, 6.07) is 64.7. The second-order valence-electron chi connectivity index (χ2n) is 12.8. The van der Waals surface area contributed by atoms with Gasteiger partial charge in [0.1, 0.15) is 15.3 Å². The Hall–Kier alpha value is -5.87. The Morgan fingerprint density at radius 3 is 1.63 bits per heavy atom. The molecule has 2 nitrogen and oxygen atoms in total. The lowest BCUT2D eigenvalue weighted by atomic mass is 9.79. The predicted octanol–water partition coefficient (Wildman–Crippen LogP) is 9.59. The Morgan fingerprint density at radius 2 is 0.962 bits per heavy atom.